The molecule has 2 unspecified atom stereocenters. The molecule has 2 aromatic rings. The molecule has 1 aromatic heterocycles. The minimum absolute atomic E-state index is 0. The zero-order valence-corrected chi connectivity index (χ0v) is 16.7. The number of rotatable bonds is 3. The number of carbonyl (C=O) groups excluding carboxylic acids is 1. The van der Waals surface area contributed by atoms with Crippen molar-refractivity contribution in [3.63, 3.8) is 0 Å². The molecule has 10 heteroatoms. The molecule has 1 fully saturated rings. The lowest BCUT2D eigenvalue weighted by atomic mass is 10.0. The lowest BCUT2D eigenvalue weighted by Gasteiger charge is -2.28. The maximum absolute atomic E-state index is 13.4. The van der Waals surface area contributed by atoms with Gasteiger partial charge in [-0.1, -0.05) is 12.1 Å². The maximum atomic E-state index is 13.4. The largest absolute Gasteiger partial charge is 0.418 e. The van der Waals surface area contributed by atoms with Gasteiger partial charge in [-0.2, -0.15) is 18.3 Å². The summed E-state index contributed by atoms with van der Waals surface area (Å²) in [5.41, 5.74) is -1.98. The van der Waals surface area contributed by atoms with E-state index in [1.54, 1.807) is 0 Å². The van der Waals surface area contributed by atoms with Gasteiger partial charge in [-0.3, -0.25) is 9.59 Å². The predicted molar refractivity (Wildman–Crippen MR) is 105 cm³/mol. The highest BCUT2D eigenvalue weighted by atomic mass is 35.5. The summed E-state index contributed by atoms with van der Waals surface area (Å²) in [5.74, 6) is -0.678. The topological polar surface area (TPSA) is 76.0 Å². The molecule has 0 radical (unpaired) electrons. The Kier molecular flexibility index (Phi) is 7.07. The van der Waals surface area contributed by atoms with Gasteiger partial charge in [0.1, 0.15) is 0 Å². The summed E-state index contributed by atoms with van der Waals surface area (Å²) >= 11 is 0. The van der Waals surface area contributed by atoms with Crippen molar-refractivity contribution >= 4 is 18.3 Å². The van der Waals surface area contributed by atoms with Crippen LogP contribution in [0.2, 0.25) is 0 Å². The number of benzene rings is 1. The van der Waals surface area contributed by atoms with Gasteiger partial charge in [-0.25, -0.2) is 4.68 Å². The van der Waals surface area contributed by atoms with E-state index in [0.29, 0.717) is 12.8 Å². The summed E-state index contributed by atoms with van der Waals surface area (Å²) in [6.07, 6.45) is -3.20. The van der Waals surface area contributed by atoms with Crippen LogP contribution in [-0.2, 0) is 6.18 Å². The predicted octanol–water partition coefficient (Wildman–Crippen LogP) is 2.85. The van der Waals surface area contributed by atoms with Crippen LogP contribution in [0, 0.1) is 6.92 Å². The molecular weight excluding hydrogens is 409 g/mol. The molecule has 0 saturated carbocycles. The van der Waals surface area contributed by atoms with E-state index >= 15 is 0 Å². The number of alkyl halides is 3. The molecule has 0 spiro atoms. The highest BCUT2D eigenvalue weighted by Crippen LogP contribution is 2.33. The second kappa shape index (κ2) is 8.96. The Labute approximate surface area is 171 Å². The molecule has 1 saturated heterocycles. The van der Waals surface area contributed by atoms with Gasteiger partial charge in [0.15, 0.2) is 5.69 Å². The molecule has 1 aliphatic rings. The van der Waals surface area contributed by atoms with Gasteiger partial charge in [-0.15, -0.1) is 12.4 Å². The number of para-hydroxylation sites is 1. The van der Waals surface area contributed by atoms with E-state index in [9.17, 15) is 22.8 Å². The summed E-state index contributed by atoms with van der Waals surface area (Å²) < 4.78 is 41.1. The van der Waals surface area contributed by atoms with Crippen molar-refractivity contribution in [2.24, 2.45) is 0 Å². The summed E-state index contributed by atoms with van der Waals surface area (Å²) in [5, 5.41) is 10.0. The van der Waals surface area contributed by atoms with E-state index < -0.39 is 28.8 Å². The third-order valence-electron chi connectivity index (χ3n) is 4.72. The zero-order chi connectivity index (χ0) is 20.5. The monoisotopic (exact) mass is 430 g/mol. The van der Waals surface area contributed by atoms with Crippen molar-refractivity contribution in [1.29, 1.82) is 0 Å². The average Bonchev–Trinajstić information content (AvgIpc) is 2.61. The Morgan fingerprint density at radius 2 is 2.00 bits per heavy atom. The number of nitrogens with zero attached hydrogens (tertiary/aromatic N) is 2. The number of piperidine rings is 1. The highest BCUT2D eigenvalue weighted by Gasteiger charge is 2.34. The smallest absolute Gasteiger partial charge is 0.348 e. The van der Waals surface area contributed by atoms with Crippen LogP contribution in [0.1, 0.15) is 41.5 Å². The van der Waals surface area contributed by atoms with Crippen molar-refractivity contribution < 1.29 is 18.0 Å². The van der Waals surface area contributed by atoms with Crippen molar-refractivity contribution in [3.05, 3.63) is 57.5 Å². The summed E-state index contributed by atoms with van der Waals surface area (Å²) in [4.78, 5) is 24.9. The van der Waals surface area contributed by atoms with E-state index in [2.05, 4.69) is 15.7 Å². The first-order chi connectivity index (χ1) is 13.2. The van der Waals surface area contributed by atoms with Crippen LogP contribution in [0.25, 0.3) is 5.69 Å². The fourth-order valence-corrected chi connectivity index (χ4v) is 3.36. The molecule has 6 nitrogen and oxygen atoms in total. The van der Waals surface area contributed by atoms with E-state index in [1.807, 2.05) is 6.92 Å². The number of aryl methyl sites for hydroxylation is 1. The summed E-state index contributed by atoms with van der Waals surface area (Å²) in [6.45, 7) is 4.19. The SMILES string of the molecule is Cc1cc(=O)c(C(=O)NC2CCNC(C)C2)nn1-c1ccccc1C(F)(F)F.Cl. The first kappa shape index (κ1) is 22.9. The molecule has 29 heavy (non-hydrogen) atoms. The molecule has 2 N–H and O–H groups in total. The van der Waals surface area contributed by atoms with E-state index in [1.165, 1.54) is 25.1 Å². The van der Waals surface area contributed by atoms with E-state index in [0.717, 1.165) is 23.4 Å². The number of nitrogens with one attached hydrogen (secondary N) is 2. The van der Waals surface area contributed by atoms with Gasteiger partial charge in [0.2, 0.25) is 5.43 Å². The van der Waals surface area contributed by atoms with E-state index in [-0.39, 0.29) is 35.9 Å². The van der Waals surface area contributed by atoms with E-state index in [4.69, 9.17) is 0 Å². The zero-order valence-electron chi connectivity index (χ0n) is 15.9. The fourth-order valence-electron chi connectivity index (χ4n) is 3.36. The molecular formula is C19H22ClF3N4O2. The Balaban J connectivity index is 0.00000300. The van der Waals surface area contributed by atoms with Gasteiger partial charge in [0.25, 0.3) is 5.91 Å². The van der Waals surface area contributed by atoms with Crippen molar-refractivity contribution in [3.8, 4) is 5.69 Å². The number of amides is 1. The number of aromatic nitrogens is 2. The van der Waals surface area contributed by atoms with Crippen molar-refractivity contribution in [1.82, 2.24) is 20.4 Å². The molecule has 1 aliphatic heterocycles. The molecule has 2 heterocycles. The van der Waals surface area contributed by atoms with Gasteiger partial charge in [0.05, 0.1) is 11.3 Å². The maximum Gasteiger partial charge on any atom is 0.418 e. The molecule has 1 aromatic carbocycles. The third-order valence-corrected chi connectivity index (χ3v) is 4.72. The third kappa shape index (κ3) is 5.16. The molecule has 158 valence electrons. The van der Waals surface area contributed by atoms with Crippen molar-refractivity contribution in [2.45, 2.75) is 44.9 Å². The van der Waals surface area contributed by atoms with Gasteiger partial charge < -0.3 is 10.6 Å². The standard InChI is InChI=1S/C19H21F3N4O2.ClH/c1-11-9-13(7-8-23-11)24-18(28)17-16(27)10-12(2)26(25-17)15-6-4-3-5-14(15)19(20,21)22;/h3-6,10-11,13,23H,7-9H2,1-2H3,(H,24,28);1H. The molecule has 2 atom stereocenters. The number of halogens is 4. The lowest BCUT2D eigenvalue weighted by Crippen LogP contribution is -2.47. The van der Waals surface area contributed by atoms with Crippen LogP contribution in [0.3, 0.4) is 0 Å². The van der Waals surface area contributed by atoms with Crippen LogP contribution in [-0.4, -0.2) is 34.3 Å². The van der Waals surface area contributed by atoms with Crippen LogP contribution in [0.4, 0.5) is 13.2 Å². The highest BCUT2D eigenvalue weighted by molar-refractivity contribution is 5.92. The number of carbonyl (C=O) groups is 1. The molecule has 0 bridgehead atoms. The van der Waals surface area contributed by atoms with Gasteiger partial charge in [-0.05, 0) is 45.4 Å². The second-order valence-corrected chi connectivity index (χ2v) is 6.98. The average molecular weight is 431 g/mol. The quantitative estimate of drug-likeness (QED) is 0.785. The normalized spacial score (nSPS) is 19.3. The summed E-state index contributed by atoms with van der Waals surface area (Å²) in [6, 6.07) is 6.13. The Hall–Kier alpha value is -2.39. The molecule has 1 amide bonds. The first-order valence-electron chi connectivity index (χ1n) is 8.98. The van der Waals surface area contributed by atoms with Crippen LogP contribution >= 0.6 is 12.4 Å². The van der Waals surface area contributed by atoms with Crippen LogP contribution in [0.5, 0.6) is 0 Å². The lowest BCUT2D eigenvalue weighted by molar-refractivity contribution is -0.137. The molecule has 3 rings (SSSR count). The Morgan fingerprint density at radius 1 is 1.31 bits per heavy atom. The first-order valence-corrected chi connectivity index (χ1v) is 8.98. The van der Waals surface area contributed by atoms with Crippen molar-refractivity contribution in [2.75, 3.05) is 6.54 Å². The Bertz CT molecular complexity index is 946. The number of hydrogen-bond donors (Lipinski definition) is 2. The second-order valence-electron chi connectivity index (χ2n) is 6.98. The summed E-state index contributed by atoms with van der Waals surface area (Å²) in [7, 11) is 0. The Morgan fingerprint density at radius 3 is 2.66 bits per heavy atom. The van der Waals surface area contributed by atoms with Gasteiger partial charge >= 0.3 is 6.18 Å². The number of hydrogen-bond acceptors (Lipinski definition) is 4. The minimum atomic E-state index is -4.60. The van der Waals surface area contributed by atoms with Gasteiger partial charge in [0, 0.05) is 23.8 Å². The molecule has 0 aliphatic carbocycles. The minimum Gasteiger partial charge on any atom is -0.348 e. The van der Waals surface area contributed by atoms with Crippen LogP contribution in [0.15, 0.2) is 35.1 Å². The van der Waals surface area contributed by atoms with Crippen LogP contribution < -0.4 is 16.1 Å². The fraction of sp³-hybridized carbons (Fsp3) is 0.421.